The molecule has 0 aliphatic carbocycles. The fourth-order valence-corrected chi connectivity index (χ4v) is 2.31. The van der Waals surface area contributed by atoms with Crippen molar-refractivity contribution < 1.29 is 0 Å². The quantitative estimate of drug-likeness (QED) is 0.520. The summed E-state index contributed by atoms with van der Waals surface area (Å²) in [5.74, 6) is 1.54. The molecular weight excluding hydrogens is 238 g/mol. The highest BCUT2D eigenvalue weighted by Crippen LogP contribution is 2.22. The van der Waals surface area contributed by atoms with Crippen LogP contribution in [0, 0.1) is 0 Å². The molecule has 92 valence electrons. The first-order valence-corrected chi connectivity index (χ1v) is 6.04. The number of hydrogen-bond acceptors (Lipinski definition) is 3. The van der Waals surface area contributed by atoms with Crippen LogP contribution in [0.4, 0.5) is 0 Å². The molecular formula is C14H11N5. The minimum absolute atomic E-state index is 0.685. The van der Waals surface area contributed by atoms with Crippen molar-refractivity contribution in [2.75, 3.05) is 0 Å². The highest BCUT2D eigenvalue weighted by atomic mass is 15.1. The van der Waals surface area contributed by atoms with E-state index < -0.39 is 0 Å². The topological polar surface area (TPSA) is 48.0 Å². The molecule has 5 heteroatoms. The van der Waals surface area contributed by atoms with Crippen LogP contribution in [0.1, 0.15) is 0 Å². The van der Waals surface area contributed by atoms with Crippen molar-refractivity contribution in [1.82, 2.24) is 23.9 Å². The number of fused-ring (bicyclic) bond motifs is 2. The Balaban J connectivity index is 2.01. The van der Waals surface area contributed by atoms with Crippen LogP contribution in [0.15, 0.2) is 48.9 Å². The van der Waals surface area contributed by atoms with E-state index in [1.54, 1.807) is 6.20 Å². The smallest absolute Gasteiger partial charge is 0.234 e. The normalized spacial score (nSPS) is 11.4. The Hall–Kier alpha value is -2.69. The van der Waals surface area contributed by atoms with Gasteiger partial charge in [-0.2, -0.15) is 0 Å². The van der Waals surface area contributed by atoms with Crippen molar-refractivity contribution in [3.63, 3.8) is 0 Å². The van der Waals surface area contributed by atoms with Crippen molar-refractivity contribution in [3.8, 4) is 11.5 Å². The molecule has 0 radical (unpaired) electrons. The maximum atomic E-state index is 4.64. The highest BCUT2D eigenvalue weighted by molar-refractivity contribution is 5.79. The second-order valence-corrected chi connectivity index (χ2v) is 4.44. The average molecular weight is 249 g/mol. The average Bonchev–Trinajstić information content (AvgIpc) is 3.00. The van der Waals surface area contributed by atoms with E-state index in [1.807, 2.05) is 48.1 Å². The molecule has 4 aromatic rings. The molecule has 0 saturated heterocycles. The largest absolute Gasteiger partial charge is 0.326 e. The van der Waals surface area contributed by atoms with Crippen molar-refractivity contribution in [3.05, 3.63) is 48.9 Å². The van der Waals surface area contributed by atoms with E-state index in [1.165, 1.54) is 0 Å². The minimum Gasteiger partial charge on any atom is -0.326 e. The predicted octanol–water partition coefficient (Wildman–Crippen LogP) is 2.28. The van der Waals surface area contributed by atoms with Crippen LogP contribution in [-0.4, -0.2) is 23.9 Å². The summed E-state index contributed by atoms with van der Waals surface area (Å²) in [6.07, 6.45) is 5.62. The first kappa shape index (κ1) is 10.3. The second kappa shape index (κ2) is 3.65. The van der Waals surface area contributed by atoms with Gasteiger partial charge in [-0.15, -0.1) is 0 Å². The molecule has 0 N–H and O–H groups in total. The Morgan fingerprint density at radius 1 is 1.05 bits per heavy atom. The Bertz CT molecular complexity index is 854. The van der Waals surface area contributed by atoms with Crippen LogP contribution in [0.25, 0.3) is 28.3 Å². The molecule has 5 nitrogen and oxygen atoms in total. The molecule has 0 fully saturated rings. The highest BCUT2D eigenvalue weighted by Gasteiger charge is 2.12. The summed E-state index contributed by atoms with van der Waals surface area (Å²) in [7, 11) is 2.00. The van der Waals surface area contributed by atoms with Gasteiger partial charge in [-0.25, -0.2) is 15.0 Å². The van der Waals surface area contributed by atoms with Crippen molar-refractivity contribution in [2.45, 2.75) is 0 Å². The molecule has 3 heterocycles. The monoisotopic (exact) mass is 249 g/mol. The van der Waals surface area contributed by atoms with Crippen molar-refractivity contribution >= 4 is 16.8 Å². The summed E-state index contributed by atoms with van der Waals surface area (Å²) in [5, 5.41) is 0. The molecule has 1 aromatic carbocycles. The third-order valence-corrected chi connectivity index (χ3v) is 3.25. The fraction of sp³-hybridized carbons (Fsp3) is 0.0714. The summed E-state index contributed by atoms with van der Waals surface area (Å²) in [6.45, 7) is 0. The standard InChI is InChI=1S/C14H11N5/c1-18-12-6-3-2-5-10(12)16-13(18)11-9-19-8-4-7-15-14(19)17-11/h2-9H,1H3. The number of hydrogen-bond donors (Lipinski definition) is 0. The summed E-state index contributed by atoms with van der Waals surface area (Å²) in [6, 6.07) is 9.95. The third kappa shape index (κ3) is 1.45. The van der Waals surface area contributed by atoms with Crippen molar-refractivity contribution in [2.24, 2.45) is 7.05 Å². The number of imidazole rings is 2. The summed E-state index contributed by atoms with van der Waals surface area (Å²) in [4.78, 5) is 13.4. The lowest BCUT2D eigenvalue weighted by molar-refractivity contribution is 0.953. The molecule has 0 aliphatic rings. The number of aromatic nitrogens is 5. The molecule has 0 spiro atoms. The summed E-state index contributed by atoms with van der Waals surface area (Å²) >= 11 is 0. The van der Waals surface area contributed by atoms with Gasteiger partial charge >= 0.3 is 0 Å². The first-order valence-electron chi connectivity index (χ1n) is 6.04. The van der Waals surface area contributed by atoms with Crippen LogP contribution < -0.4 is 0 Å². The molecule has 0 aliphatic heterocycles. The Kier molecular flexibility index (Phi) is 1.97. The number of rotatable bonds is 1. The van der Waals surface area contributed by atoms with Gasteiger partial charge in [0.1, 0.15) is 5.69 Å². The van der Waals surface area contributed by atoms with Gasteiger partial charge in [0.25, 0.3) is 0 Å². The van der Waals surface area contributed by atoms with E-state index in [0.717, 1.165) is 22.6 Å². The first-order chi connectivity index (χ1) is 9.33. The van der Waals surface area contributed by atoms with Gasteiger partial charge in [0.2, 0.25) is 5.78 Å². The number of benzene rings is 1. The number of para-hydroxylation sites is 2. The molecule has 0 atom stereocenters. The van der Waals surface area contributed by atoms with Gasteiger partial charge in [0.05, 0.1) is 11.0 Å². The van der Waals surface area contributed by atoms with E-state index in [-0.39, 0.29) is 0 Å². The van der Waals surface area contributed by atoms with Gasteiger partial charge in [-0.3, -0.25) is 4.40 Å². The molecule has 0 unspecified atom stereocenters. The zero-order chi connectivity index (χ0) is 12.8. The number of aryl methyl sites for hydroxylation is 1. The molecule has 0 amide bonds. The lowest BCUT2D eigenvalue weighted by Crippen LogP contribution is -1.92. The lowest BCUT2D eigenvalue weighted by atomic mass is 10.3. The zero-order valence-corrected chi connectivity index (χ0v) is 10.4. The SMILES string of the molecule is Cn1c(-c2cn3cccnc3n2)nc2ccccc21. The van der Waals surface area contributed by atoms with Crippen LogP contribution in [0.5, 0.6) is 0 Å². The van der Waals surface area contributed by atoms with E-state index >= 15 is 0 Å². The lowest BCUT2D eigenvalue weighted by Gasteiger charge is -1.97. The van der Waals surface area contributed by atoms with Gasteiger partial charge in [-0.1, -0.05) is 12.1 Å². The number of nitrogens with zero attached hydrogens (tertiary/aromatic N) is 5. The minimum atomic E-state index is 0.685. The molecule has 0 bridgehead atoms. The van der Waals surface area contributed by atoms with E-state index in [2.05, 4.69) is 25.6 Å². The van der Waals surface area contributed by atoms with E-state index in [4.69, 9.17) is 0 Å². The van der Waals surface area contributed by atoms with Gasteiger partial charge in [-0.05, 0) is 18.2 Å². The van der Waals surface area contributed by atoms with Gasteiger partial charge in [0.15, 0.2) is 5.82 Å². The molecule has 3 aromatic heterocycles. The molecule has 4 rings (SSSR count). The Labute approximate surface area is 109 Å². The maximum Gasteiger partial charge on any atom is 0.234 e. The van der Waals surface area contributed by atoms with Crippen LogP contribution in [0.3, 0.4) is 0 Å². The van der Waals surface area contributed by atoms with E-state index in [9.17, 15) is 0 Å². The summed E-state index contributed by atoms with van der Waals surface area (Å²) in [5.41, 5.74) is 2.91. The maximum absolute atomic E-state index is 4.64. The van der Waals surface area contributed by atoms with E-state index in [0.29, 0.717) is 5.78 Å². The van der Waals surface area contributed by atoms with Crippen molar-refractivity contribution in [1.29, 1.82) is 0 Å². The fourth-order valence-electron chi connectivity index (χ4n) is 2.31. The van der Waals surface area contributed by atoms with Gasteiger partial charge in [0, 0.05) is 25.6 Å². The van der Waals surface area contributed by atoms with Gasteiger partial charge < -0.3 is 4.57 Å². The molecule has 19 heavy (non-hydrogen) atoms. The second-order valence-electron chi connectivity index (χ2n) is 4.44. The Morgan fingerprint density at radius 3 is 2.79 bits per heavy atom. The van der Waals surface area contributed by atoms with Crippen LogP contribution in [0.2, 0.25) is 0 Å². The van der Waals surface area contributed by atoms with Crippen LogP contribution in [-0.2, 0) is 7.05 Å². The zero-order valence-electron chi connectivity index (χ0n) is 10.4. The predicted molar refractivity (Wildman–Crippen MR) is 72.7 cm³/mol. The summed E-state index contributed by atoms with van der Waals surface area (Å²) < 4.78 is 3.95. The third-order valence-electron chi connectivity index (χ3n) is 3.25. The molecule has 0 saturated carbocycles. The van der Waals surface area contributed by atoms with Crippen LogP contribution >= 0.6 is 0 Å². The Morgan fingerprint density at radius 2 is 1.95 bits per heavy atom.